The Kier molecular flexibility index (Phi) is 3.44. The summed E-state index contributed by atoms with van der Waals surface area (Å²) in [7, 11) is 0. The van der Waals surface area contributed by atoms with Gasteiger partial charge in [0, 0.05) is 0 Å². The van der Waals surface area contributed by atoms with E-state index in [0.717, 1.165) is 22.2 Å². The van der Waals surface area contributed by atoms with Gasteiger partial charge < -0.3 is 10.1 Å². The van der Waals surface area contributed by atoms with E-state index in [4.69, 9.17) is 0 Å². The Morgan fingerprint density at radius 2 is 2.00 bits per heavy atom. The molecule has 0 fully saturated rings. The van der Waals surface area contributed by atoms with Gasteiger partial charge in [0.15, 0.2) is 0 Å². The number of aromatic nitrogens is 2. The molecule has 1 unspecified atom stereocenters. The quantitative estimate of drug-likeness (QED) is 0.770. The highest BCUT2D eigenvalue weighted by Crippen LogP contribution is 2.22. The standard InChI is InChI=1S/C17H16N2O2/c1-11-7-8-14-15(9-11)19-16(18-14)13(17(20)21)10-12-5-3-2-4-6-12/h2-9,13H,10H2,1H3,(H,18,19)(H,20,21). The van der Waals surface area contributed by atoms with Gasteiger partial charge in [0.25, 0.3) is 0 Å². The molecule has 21 heavy (non-hydrogen) atoms. The number of aryl methyl sites for hydroxylation is 1. The van der Waals surface area contributed by atoms with Crippen LogP contribution >= 0.6 is 0 Å². The zero-order chi connectivity index (χ0) is 14.8. The number of hydrogen-bond donors (Lipinski definition) is 2. The van der Waals surface area contributed by atoms with Gasteiger partial charge in [-0.1, -0.05) is 36.4 Å². The minimum Gasteiger partial charge on any atom is -0.481 e. The fraction of sp³-hybridized carbons (Fsp3) is 0.176. The molecule has 4 heteroatoms. The molecule has 106 valence electrons. The maximum Gasteiger partial charge on any atom is 0.314 e. The van der Waals surface area contributed by atoms with Crippen molar-refractivity contribution in [1.29, 1.82) is 0 Å². The highest BCUT2D eigenvalue weighted by Gasteiger charge is 2.23. The molecule has 3 rings (SSSR count). The first-order valence-electron chi connectivity index (χ1n) is 6.86. The lowest BCUT2D eigenvalue weighted by molar-refractivity contribution is -0.138. The van der Waals surface area contributed by atoms with Crippen LogP contribution in [0, 0.1) is 6.92 Å². The highest BCUT2D eigenvalue weighted by molar-refractivity contribution is 5.80. The van der Waals surface area contributed by atoms with E-state index in [-0.39, 0.29) is 0 Å². The number of nitrogens with zero attached hydrogens (tertiary/aromatic N) is 1. The Hall–Kier alpha value is -2.62. The second-order valence-electron chi connectivity index (χ2n) is 5.22. The van der Waals surface area contributed by atoms with E-state index >= 15 is 0 Å². The number of carbonyl (C=O) groups is 1. The fourth-order valence-electron chi connectivity index (χ4n) is 2.46. The molecular weight excluding hydrogens is 264 g/mol. The summed E-state index contributed by atoms with van der Waals surface area (Å²) in [6, 6.07) is 15.5. The summed E-state index contributed by atoms with van der Waals surface area (Å²) in [6.07, 6.45) is 0.426. The summed E-state index contributed by atoms with van der Waals surface area (Å²) in [5.74, 6) is -1.03. The number of benzene rings is 2. The Morgan fingerprint density at radius 3 is 2.71 bits per heavy atom. The SMILES string of the molecule is Cc1ccc2nc(C(Cc3ccccc3)C(=O)O)[nH]c2c1. The van der Waals surface area contributed by atoms with E-state index in [1.165, 1.54) is 0 Å². The van der Waals surface area contributed by atoms with Crippen molar-refractivity contribution in [2.24, 2.45) is 0 Å². The van der Waals surface area contributed by atoms with Crippen molar-refractivity contribution in [3.05, 3.63) is 65.5 Å². The topological polar surface area (TPSA) is 66.0 Å². The van der Waals surface area contributed by atoms with Crippen molar-refractivity contribution in [2.75, 3.05) is 0 Å². The predicted molar refractivity (Wildman–Crippen MR) is 81.4 cm³/mol. The van der Waals surface area contributed by atoms with Gasteiger partial charge in [-0.2, -0.15) is 0 Å². The van der Waals surface area contributed by atoms with Gasteiger partial charge in [-0.05, 0) is 36.6 Å². The van der Waals surface area contributed by atoms with Crippen molar-refractivity contribution in [1.82, 2.24) is 9.97 Å². The van der Waals surface area contributed by atoms with Crippen LogP contribution in [0.1, 0.15) is 22.9 Å². The largest absolute Gasteiger partial charge is 0.481 e. The Balaban J connectivity index is 1.97. The number of carboxylic acids is 1. The second-order valence-corrected chi connectivity index (χ2v) is 5.22. The predicted octanol–water partition coefficient (Wildman–Crippen LogP) is 3.28. The minimum absolute atomic E-state index is 0.426. The van der Waals surface area contributed by atoms with Gasteiger partial charge in [0.2, 0.25) is 0 Å². The first-order valence-corrected chi connectivity index (χ1v) is 6.86. The van der Waals surface area contributed by atoms with Gasteiger partial charge in [0.05, 0.1) is 11.0 Å². The van der Waals surface area contributed by atoms with Gasteiger partial charge in [-0.3, -0.25) is 4.79 Å². The molecule has 0 bridgehead atoms. The van der Waals surface area contributed by atoms with Crippen LogP contribution in [0.25, 0.3) is 11.0 Å². The maximum atomic E-state index is 11.6. The minimum atomic E-state index is -0.866. The van der Waals surface area contributed by atoms with Crippen LogP contribution in [0.2, 0.25) is 0 Å². The number of carboxylic acid groups (broad SMARTS) is 1. The molecule has 1 atom stereocenters. The first-order chi connectivity index (χ1) is 10.1. The Bertz CT molecular complexity index is 778. The van der Waals surface area contributed by atoms with Crippen LogP contribution < -0.4 is 0 Å². The second kappa shape index (κ2) is 5.40. The average Bonchev–Trinajstić information content (AvgIpc) is 2.88. The first kappa shape index (κ1) is 13.4. The van der Waals surface area contributed by atoms with Gasteiger partial charge in [-0.15, -0.1) is 0 Å². The zero-order valence-electron chi connectivity index (χ0n) is 11.7. The number of aliphatic carboxylic acids is 1. The molecule has 0 aliphatic rings. The lowest BCUT2D eigenvalue weighted by Gasteiger charge is -2.09. The molecule has 0 saturated heterocycles. The van der Waals surface area contributed by atoms with E-state index in [1.54, 1.807) is 0 Å². The molecule has 4 nitrogen and oxygen atoms in total. The van der Waals surface area contributed by atoms with Gasteiger partial charge in [0.1, 0.15) is 11.7 Å². The summed E-state index contributed by atoms with van der Waals surface area (Å²) in [6.45, 7) is 2.00. The highest BCUT2D eigenvalue weighted by atomic mass is 16.4. The average molecular weight is 280 g/mol. The molecule has 0 aliphatic heterocycles. The van der Waals surface area contributed by atoms with Crippen LogP contribution in [0.15, 0.2) is 48.5 Å². The smallest absolute Gasteiger partial charge is 0.314 e. The lowest BCUT2D eigenvalue weighted by atomic mass is 9.99. The molecule has 0 aliphatic carbocycles. The van der Waals surface area contributed by atoms with Gasteiger partial charge >= 0.3 is 5.97 Å². The van der Waals surface area contributed by atoms with E-state index in [9.17, 15) is 9.90 Å². The number of H-pyrrole nitrogens is 1. The van der Waals surface area contributed by atoms with E-state index in [1.807, 2.05) is 55.5 Å². The molecule has 1 heterocycles. The van der Waals surface area contributed by atoms with Crippen molar-refractivity contribution in [3.63, 3.8) is 0 Å². The molecule has 0 saturated carbocycles. The third-order valence-corrected chi connectivity index (χ3v) is 3.57. The monoisotopic (exact) mass is 280 g/mol. The van der Waals surface area contributed by atoms with E-state index < -0.39 is 11.9 Å². The summed E-state index contributed by atoms with van der Waals surface area (Å²) >= 11 is 0. The lowest BCUT2D eigenvalue weighted by Crippen LogP contribution is -2.15. The third-order valence-electron chi connectivity index (χ3n) is 3.57. The summed E-state index contributed by atoms with van der Waals surface area (Å²) in [4.78, 5) is 19.2. The Labute approximate surface area is 122 Å². The van der Waals surface area contributed by atoms with E-state index in [0.29, 0.717) is 12.2 Å². The summed E-state index contributed by atoms with van der Waals surface area (Å²) in [5.41, 5.74) is 3.79. The molecular formula is C17H16N2O2. The van der Waals surface area contributed by atoms with Crippen molar-refractivity contribution in [3.8, 4) is 0 Å². The third kappa shape index (κ3) is 2.79. The molecule has 2 aromatic carbocycles. The number of fused-ring (bicyclic) bond motifs is 1. The number of hydrogen-bond acceptors (Lipinski definition) is 2. The molecule has 2 N–H and O–H groups in total. The number of aromatic amines is 1. The molecule has 0 amide bonds. The number of nitrogens with one attached hydrogen (secondary N) is 1. The summed E-state index contributed by atoms with van der Waals surface area (Å²) < 4.78 is 0. The van der Waals surface area contributed by atoms with E-state index in [2.05, 4.69) is 9.97 Å². The fourth-order valence-corrected chi connectivity index (χ4v) is 2.46. The van der Waals surface area contributed by atoms with Crippen molar-refractivity contribution < 1.29 is 9.90 Å². The number of rotatable bonds is 4. The normalized spacial score (nSPS) is 12.4. The number of imidazole rings is 1. The van der Waals surface area contributed by atoms with Crippen LogP contribution in [0.5, 0.6) is 0 Å². The zero-order valence-corrected chi connectivity index (χ0v) is 11.7. The summed E-state index contributed by atoms with van der Waals surface area (Å²) in [5, 5.41) is 9.51. The molecule has 0 radical (unpaired) electrons. The van der Waals surface area contributed by atoms with Crippen molar-refractivity contribution in [2.45, 2.75) is 19.3 Å². The van der Waals surface area contributed by atoms with Crippen LogP contribution in [0.4, 0.5) is 0 Å². The van der Waals surface area contributed by atoms with Crippen LogP contribution in [-0.4, -0.2) is 21.0 Å². The van der Waals surface area contributed by atoms with Gasteiger partial charge in [-0.25, -0.2) is 4.98 Å². The maximum absolute atomic E-state index is 11.6. The van der Waals surface area contributed by atoms with Crippen LogP contribution in [-0.2, 0) is 11.2 Å². The molecule has 1 aromatic heterocycles. The molecule has 0 spiro atoms. The van der Waals surface area contributed by atoms with Crippen molar-refractivity contribution >= 4 is 17.0 Å². The van der Waals surface area contributed by atoms with Crippen LogP contribution in [0.3, 0.4) is 0 Å². The Morgan fingerprint density at radius 1 is 1.24 bits per heavy atom. The molecule has 3 aromatic rings.